The van der Waals surface area contributed by atoms with Crippen LogP contribution in [0.1, 0.15) is 38.3 Å². The molecule has 7 heteroatoms. The second-order valence-corrected chi connectivity index (χ2v) is 6.72. The molecule has 0 aliphatic heterocycles. The minimum atomic E-state index is -0.325. The highest BCUT2D eigenvalue weighted by Gasteiger charge is 2.15. The maximum Gasteiger partial charge on any atom is 0.280 e. The summed E-state index contributed by atoms with van der Waals surface area (Å²) in [6.45, 7) is 2.06. The Kier molecular flexibility index (Phi) is 5.33. The summed E-state index contributed by atoms with van der Waals surface area (Å²) in [4.78, 5) is 25.1. The second-order valence-electron chi connectivity index (χ2n) is 4.03. The fraction of sp³-hybridized carbons (Fsp3) is 0.231. The lowest BCUT2D eigenvalue weighted by molar-refractivity contribution is 0.0850. The van der Waals surface area contributed by atoms with Crippen molar-refractivity contribution in [2.45, 2.75) is 19.8 Å². The standard InChI is InChI=1S/C13H13BrN2O2S2/c1-2-3-8-4-6-19-10(8)12(17)15-16-13(18)11-9(14)5-7-20-11/h4-7H,2-3H2,1H3,(H,15,17)(H,16,18). The van der Waals surface area contributed by atoms with Crippen LogP contribution < -0.4 is 10.9 Å². The van der Waals surface area contributed by atoms with E-state index in [1.807, 2.05) is 11.4 Å². The molecule has 0 aliphatic carbocycles. The van der Waals surface area contributed by atoms with E-state index in [-0.39, 0.29) is 11.8 Å². The number of thiophene rings is 2. The molecule has 0 aliphatic rings. The predicted octanol–water partition coefficient (Wildman–Crippen LogP) is 3.60. The molecule has 0 radical (unpaired) electrons. The summed E-state index contributed by atoms with van der Waals surface area (Å²) in [7, 11) is 0. The molecule has 0 aromatic carbocycles. The average Bonchev–Trinajstić information content (AvgIpc) is 3.05. The highest BCUT2D eigenvalue weighted by atomic mass is 79.9. The van der Waals surface area contributed by atoms with E-state index >= 15 is 0 Å². The lowest BCUT2D eigenvalue weighted by Crippen LogP contribution is -2.41. The van der Waals surface area contributed by atoms with Crippen molar-refractivity contribution < 1.29 is 9.59 Å². The third kappa shape index (κ3) is 3.47. The first-order valence-corrected chi connectivity index (χ1v) is 8.58. The van der Waals surface area contributed by atoms with Gasteiger partial charge in [0.1, 0.15) is 4.88 Å². The molecule has 20 heavy (non-hydrogen) atoms. The smallest absolute Gasteiger partial charge is 0.266 e. The maximum absolute atomic E-state index is 12.0. The van der Waals surface area contributed by atoms with Crippen molar-refractivity contribution in [3.05, 3.63) is 42.7 Å². The minimum Gasteiger partial charge on any atom is -0.266 e. The highest BCUT2D eigenvalue weighted by molar-refractivity contribution is 9.10. The minimum absolute atomic E-state index is 0.274. The van der Waals surface area contributed by atoms with Gasteiger partial charge in [0.15, 0.2) is 0 Å². The molecule has 2 rings (SSSR count). The van der Waals surface area contributed by atoms with Crippen molar-refractivity contribution in [1.82, 2.24) is 10.9 Å². The summed E-state index contributed by atoms with van der Waals surface area (Å²) in [5, 5.41) is 3.69. The number of carbonyl (C=O) groups is 2. The summed E-state index contributed by atoms with van der Waals surface area (Å²) in [6.07, 6.45) is 1.84. The van der Waals surface area contributed by atoms with Gasteiger partial charge in [-0.05, 0) is 50.8 Å². The SMILES string of the molecule is CCCc1ccsc1C(=O)NNC(=O)c1sccc1Br. The fourth-order valence-corrected chi connectivity index (χ4v) is 3.98. The van der Waals surface area contributed by atoms with E-state index < -0.39 is 0 Å². The Morgan fingerprint density at radius 3 is 2.30 bits per heavy atom. The van der Waals surface area contributed by atoms with Gasteiger partial charge in [-0.25, -0.2) is 0 Å². The van der Waals surface area contributed by atoms with Crippen LogP contribution in [-0.2, 0) is 6.42 Å². The Morgan fingerprint density at radius 1 is 1.10 bits per heavy atom. The number of nitrogens with one attached hydrogen (secondary N) is 2. The van der Waals surface area contributed by atoms with Crippen LogP contribution in [0.5, 0.6) is 0 Å². The lowest BCUT2D eigenvalue weighted by Gasteiger charge is -2.07. The first-order chi connectivity index (χ1) is 9.63. The molecular formula is C13H13BrN2O2S2. The largest absolute Gasteiger partial charge is 0.280 e. The van der Waals surface area contributed by atoms with Crippen LogP contribution in [0.3, 0.4) is 0 Å². The number of hydrogen-bond acceptors (Lipinski definition) is 4. The number of hydrazine groups is 1. The molecular weight excluding hydrogens is 360 g/mol. The molecule has 2 N–H and O–H groups in total. The monoisotopic (exact) mass is 372 g/mol. The lowest BCUT2D eigenvalue weighted by atomic mass is 10.1. The number of halogens is 1. The van der Waals surface area contributed by atoms with Crippen LogP contribution in [-0.4, -0.2) is 11.8 Å². The first kappa shape index (κ1) is 15.2. The van der Waals surface area contributed by atoms with Gasteiger partial charge in [-0.2, -0.15) is 0 Å². The third-order valence-corrected chi connectivity index (χ3v) is 5.38. The zero-order valence-electron chi connectivity index (χ0n) is 10.7. The van der Waals surface area contributed by atoms with E-state index in [0.717, 1.165) is 22.9 Å². The third-order valence-electron chi connectivity index (χ3n) is 2.59. The number of aryl methyl sites for hydroxylation is 1. The van der Waals surface area contributed by atoms with Gasteiger partial charge < -0.3 is 0 Å². The molecule has 2 heterocycles. The number of carbonyl (C=O) groups excluding carboxylic acids is 2. The zero-order chi connectivity index (χ0) is 14.5. The van der Waals surface area contributed by atoms with Crippen molar-refractivity contribution in [2.24, 2.45) is 0 Å². The molecule has 0 atom stereocenters. The van der Waals surface area contributed by atoms with Gasteiger partial charge in [-0.15, -0.1) is 22.7 Å². The van der Waals surface area contributed by atoms with Gasteiger partial charge in [-0.1, -0.05) is 13.3 Å². The molecule has 0 bridgehead atoms. The van der Waals surface area contributed by atoms with Gasteiger partial charge in [0.25, 0.3) is 11.8 Å². The van der Waals surface area contributed by atoms with E-state index in [1.165, 1.54) is 22.7 Å². The van der Waals surface area contributed by atoms with E-state index in [2.05, 4.69) is 33.7 Å². The van der Waals surface area contributed by atoms with Crippen LogP contribution in [0.15, 0.2) is 27.4 Å². The Morgan fingerprint density at radius 2 is 1.70 bits per heavy atom. The van der Waals surface area contributed by atoms with Gasteiger partial charge in [0.05, 0.1) is 4.88 Å². The normalized spacial score (nSPS) is 10.3. The summed E-state index contributed by atoms with van der Waals surface area (Å²) >= 11 is 5.97. The number of hydrogen-bond donors (Lipinski definition) is 2. The van der Waals surface area contributed by atoms with E-state index in [1.54, 1.807) is 11.4 Å². The van der Waals surface area contributed by atoms with Gasteiger partial charge in [0, 0.05) is 4.47 Å². The molecule has 0 unspecified atom stereocenters. The first-order valence-electron chi connectivity index (χ1n) is 6.03. The number of rotatable bonds is 4. The molecule has 0 fully saturated rings. The van der Waals surface area contributed by atoms with Crippen molar-refractivity contribution in [1.29, 1.82) is 0 Å². The maximum atomic E-state index is 12.0. The van der Waals surface area contributed by atoms with E-state index in [0.29, 0.717) is 9.75 Å². The summed E-state index contributed by atoms with van der Waals surface area (Å²) in [5.41, 5.74) is 5.90. The molecule has 106 valence electrons. The predicted molar refractivity (Wildman–Crippen MR) is 85.3 cm³/mol. The van der Waals surface area contributed by atoms with Gasteiger partial charge in [0.2, 0.25) is 0 Å². The Bertz CT molecular complexity index is 621. The Hall–Kier alpha value is -1.18. The number of amides is 2. The molecule has 2 aromatic heterocycles. The summed E-state index contributed by atoms with van der Waals surface area (Å²) in [6, 6.07) is 3.74. The van der Waals surface area contributed by atoms with Crippen LogP contribution >= 0.6 is 38.6 Å². The van der Waals surface area contributed by atoms with Crippen LogP contribution in [0.4, 0.5) is 0 Å². The van der Waals surface area contributed by atoms with Crippen molar-refractivity contribution in [3.8, 4) is 0 Å². The van der Waals surface area contributed by atoms with E-state index in [9.17, 15) is 9.59 Å². The molecule has 2 amide bonds. The van der Waals surface area contributed by atoms with Gasteiger partial charge in [-0.3, -0.25) is 20.4 Å². The Labute approximate surface area is 133 Å². The topological polar surface area (TPSA) is 58.2 Å². The molecule has 0 saturated carbocycles. The fourth-order valence-electron chi connectivity index (χ4n) is 1.68. The summed E-state index contributed by atoms with van der Waals surface area (Å²) in [5.74, 6) is -0.599. The molecule has 4 nitrogen and oxygen atoms in total. The summed E-state index contributed by atoms with van der Waals surface area (Å²) < 4.78 is 0.719. The van der Waals surface area contributed by atoms with Crippen molar-refractivity contribution in [3.63, 3.8) is 0 Å². The van der Waals surface area contributed by atoms with E-state index in [4.69, 9.17) is 0 Å². The van der Waals surface area contributed by atoms with Crippen LogP contribution in [0, 0.1) is 0 Å². The Balaban J connectivity index is 1.97. The van der Waals surface area contributed by atoms with Crippen molar-refractivity contribution in [2.75, 3.05) is 0 Å². The molecule has 0 spiro atoms. The average molecular weight is 373 g/mol. The van der Waals surface area contributed by atoms with Crippen LogP contribution in [0.25, 0.3) is 0 Å². The second kappa shape index (κ2) is 7.01. The quantitative estimate of drug-likeness (QED) is 0.805. The van der Waals surface area contributed by atoms with Crippen LogP contribution in [0.2, 0.25) is 0 Å². The zero-order valence-corrected chi connectivity index (χ0v) is 14.0. The van der Waals surface area contributed by atoms with Gasteiger partial charge >= 0.3 is 0 Å². The highest BCUT2D eigenvalue weighted by Crippen LogP contribution is 2.22. The van der Waals surface area contributed by atoms with Crippen molar-refractivity contribution >= 4 is 50.4 Å². The molecule has 2 aromatic rings. The molecule has 0 saturated heterocycles.